The van der Waals surface area contributed by atoms with Gasteiger partial charge in [-0.1, -0.05) is 90.3 Å². The third kappa shape index (κ3) is 12.0. The van der Waals surface area contributed by atoms with Gasteiger partial charge in [0.1, 0.15) is 17.9 Å². The number of hydrogen-bond acceptors (Lipinski definition) is 3. The minimum absolute atomic E-state index is 0.0397. The number of carbonyl (C=O) groups excluding carboxylic acids is 1. The van der Waals surface area contributed by atoms with E-state index in [4.69, 9.17) is 4.74 Å². The Kier molecular flexibility index (Phi) is 13.2. The van der Waals surface area contributed by atoms with Gasteiger partial charge in [-0.15, -0.1) is 0 Å². The molecule has 0 aliphatic rings. The van der Waals surface area contributed by atoms with Gasteiger partial charge in [0, 0.05) is 0 Å². The molecule has 0 saturated carbocycles. The highest BCUT2D eigenvalue weighted by molar-refractivity contribution is 5.92. The highest BCUT2D eigenvalue weighted by atomic mass is 16.5. The first-order valence-electron chi connectivity index (χ1n) is 11.9. The summed E-state index contributed by atoms with van der Waals surface area (Å²) in [6.07, 6.45) is 13.6. The van der Waals surface area contributed by atoms with Gasteiger partial charge in [-0.05, 0) is 55.7 Å². The molecule has 0 spiro atoms. The molecule has 0 bridgehead atoms. The van der Waals surface area contributed by atoms with Gasteiger partial charge in [0.15, 0.2) is 0 Å². The van der Waals surface area contributed by atoms with Crippen molar-refractivity contribution in [1.29, 1.82) is 0 Å². The van der Waals surface area contributed by atoms with Gasteiger partial charge in [-0.3, -0.25) is 0 Å². The lowest BCUT2D eigenvalue weighted by molar-refractivity contribution is 0.0545. The van der Waals surface area contributed by atoms with Crippen LogP contribution in [0.15, 0.2) is 35.9 Å². The molecule has 1 aromatic rings. The second-order valence-electron chi connectivity index (χ2n) is 9.52. The largest absolute Gasteiger partial charge is 0.507 e. The topological polar surface area (TPSA) is 46.5 Å². The van der Waals surface area contributed by atoms with Gasteiger partial charge in [0.25, 0.3) is 0 Å². The Balaban J connectivity index is 2.13. The second-order valence-corrected chi connectivity index (χ2v) is 9.52. The van der Waals surface area contributed by atoms with Crippen LogP contribution in [0.4, 0.5) is 0 Å². The number of allylic oxidation sites excluding steroid dienone is 1. The van der Waals surface area contributed by atoms with E-state index >= 15 is 0 Å². The molecule has 0 radical (unpaired) electrons. The highest BCUT2D eigenvalue weighted by Gasteiger charge is 2.11. The molecule has 0 aliphatic heterocycles. The number of phenols is 1. The van der Waals surface area contributed by atoms with Crippen LogP contribution in [0.25, 0.3) is 0 Å². The van der Waals surface area contributed by atoms with Gasteiger partial charge in [0.05, 0.1) is 0 Å². The fourth-order valence-corrected chi connectivity index (χ4v) is 3.79. The summed E-state index contributed by atoms with van der Waals surface area (Å²) in [6, 6.07) is 6.46. The van der Waals surface area contributed by atoms with E-state index in [0.717, 1.165) is 24.2 Å². The zero-order chi connectivity index (χ0) is 22.4. The van der Waals surface area contributed by atoms with Crippen LogP contribution in [-0.2, 0) is 4.74 Å². The Morgan fingerprint density at radius 1 is 0.933 bits per heavy atom. The van der Waals surface area contributed by atoms with Crippen LogP contribution in [0.3, 0.4) is 0 Å². The zero-order valence-electron chi connectivity index (χ0n) is 20.0. The Labute approximate surface area is 184 Å². The van der Waals surface area contributed by atoms with Crippen LogP contribution in [-0.4, -0.2) is 17.7 Å². The van der Waals surface area contributed by atoms with Crippen molar-refractivity contribution in [3.8, 4) is 5.75 Å². The molecule has 1 N–H and O–H groups in total. The van der Waals surface area contributed by atoms with Gasteiger partial charge < -0.3 is 9.84 Å². The van der Waals surface area contributed by atoms with Crippen LogP contribution >= 0.6 is 0 Å². The number of ether oxygens (including phenoxy) is 1. The number of aromatic hydroxyl groups is 1. The minimum atomic E-state index is -0.482. The normalized spacial score (nSPS) is 14.0. The van der Waals surface area contributed by atoms with Gasteiger partial charge >= 0.3 is 5.97 Å². The van der Waals surface area contributed by atoms with Crippen molar-refractivity contribution >= 4 is 5.97 Å². The third-order valence-electron chi connectivity index (χ3n) is 5.91. The molecule has 0 aromatic heterocycles. The van der Waals surface area contributed by atoms with Crippen molar-refractivity contribution < 1.29 is 14.6 Å². The van der Waals surface area contributed by atoms with Crippen molar-refractivity contribution in [1.82, 2.24) is 0 Å². The summed E-state index contributed by atoms with van der Waals surface area (Å²) in [6.45, 7) is 11.8. The van der Waals surface area contributed by atoms with Crippen LogP contribution in [0.2, 0.25) is 0 Å². The van der Waals surface area contributed by atoms with Crippen molar-refractivity contribution in [2.24, 2.45) is 17.8 Å². The predicted molar refractivity (Wildman–Crippen MR) is 127 cm³/mol. The van der Waals surface area contributed by atoms with E-state index in [1.165, 1.54) is 63.0 Å². The fourth-order valence-electron chi connectivity index (χ4n) is 3.79. The first-order valence-corrected chi connectivity index (χ1v) is 11.9. The Hall–Kier alpha value is -1.77. The molecule has 0 unspecified atom stereocenters. The summed E-state index contributed by atoms with van der Waals surface area (Å²) in [5.41, 5.74) is 1.47. The lowest BCUT2D eigenvalue weighted by Gasteiger charge is -2.15. The highest BCUT2D eigenvalue weighted by Crippen LogP contribution is 2.22. The number of para-hydroxylation sites is 1. The summed E-state index contributed by atoms with van der Waals surface area (Å²) in [7, 11) is 0. The summed E-state index contributed by atoms with van der Waals surface area (Å²) in [5.74, 6) is 1.95. The van der Waals surface area contributed by atoms with Crippen molar-refractivity contribution in [3.05, 3.63) is 41.5 Å². The van der Waals surface area contributed by atoms with E-state index in [1.807, 2.05) is 6.08 Å². The SMILES string of the molecule is C/C(=C\COC(=O)c1ccccc1O)CCC[C@H](C)CCC[C@H](C)CCCC(C)C. The number of esters is 1. The minimum Gasteiger partial charge on any atom is -0.507 e. The van der Waals surface area contributed by atoms with Crippen LogP contribution < -0.4 is 0 Å². The quantitative estimate of drug-likeness (QED) is 0.233. The molecule has 0 saturated heterocycles. The summed E-state index contributed by atoms with van der Waals surface area (Å²) in [4.78, 5) is 12.0. The van der Waals surface area contributed by atoms with Crippen LogP contribution in [0, 0.1) is 17.8 Å². The average Bonchev–Trinajstić information content (AvgIpc) is 2.68. The summed E-state index contributed by atoms with van der Waals surface area (Å²) >= 11 is 0. The maximum Gasteiger partial charge on any atom is 0.342 e. The molecule has 0 fully saturated rings. The first-order chi connectivity index (χ1) is 14.3. The predicted octanol–water partition coefficient (Wildman–Crippen LogP) is 7.93. The number of carbonyl (C=O) groups is 1. The van der Waals surface area contributed by atoms with Crippen molar-refractivity contribution in [2.75, 3.05) is 6.61 Å². The molecule has 30 heavy (non-hydrogen) atoms. The molecule has 170 valence electrons. The van der Waals surface area contributed by atoms with E-state index in [2.05, 4.69) is 34.6 Å². The smallest absolute Gasteiger partial charge is 0.342 e. The molecule has 1 rings (SSSR count). The zero-order valence-corrected chi connectivity index (χ0v) is 20.0. The Morgan fingerprint density at radius 3 is 2.10 bits per heavy atom. The van der Waals surface area contributed by atoms with E-state index in [1.54, 1.807) is 18.2 Å². The monoisotopic (exact) mass is 416 g/mol. The molecule has 2 atom stereocenters. The lowest BCUT2D eigenvalue weighted by Crippen LogP contribution is -2.05. The molecular weight excluding hydrogens is 372 g/mol. The standard InChI is InChI=1S/C27H44O3/c1-21(2)11-8-12-22(3)13-9-14-23(4)15-10-16-24(5)19-20-30-27(29)25-17-6-7-18-26(25)28/h6-7,17-19,21-23,28H,8-16,20H2,1-5H3/b24-19+/t22-,23-/m1/s1. The lowest BCUT2D eigenvalue weighted by atomic mass is 9.91. The fraction of sp³-hybridized carbons (Fsp3) is 0.667. The Morgan fingerprint density at radius 2 is 1.50 bits per heavy atom. The van der Waals surface area contributed by atoms with E-state index in [9.17, 15) is 9.90 Å². The number of benzene rings is 1. The van der Waals surface area contributed by atoms with Crippen LogP contribution in [0.5, 0.6) is 5.75 Å². The molecule has 1 aromatic carbocycles. The summed E-state index contributed by atoms with van der Waals surface area (Å²) < 4.78 is 5.25. The number of rotatable bonds is 15. The molecular formula is C27H44O3. The maximum atomic E-state index is 12.0. The van der Waals surface area contributed by atoms with Crippen molar-refractivity contribution in [2.45, 2.75) is 92.4 Å². The van der Waals surface area contributed by atoms with Gasteiger partial charge in [-0.2, -0.15) is 0 Å². The summed E-state index contributed by atoms with van der Waals surface area (Å²) in [5, 5.41) is 9.69. The maximum absolute atomic E-state index is 12.0. The van der Waals surface area contributed by atoms with Gasteiger partial charge in [0.2, 0.25) is 0 Å². The van der Waals surface area contributed by atoms with Gasteiger partial charge in [-0.25, -0.2) is 4.79 Å². The molecule has 0 aliphatic carbocycles. The van der Waals surface area contributed by atoms with Crippen molar-refractivity contribution in [3.63, 3.8) is 0 Å². The van der Waals surface area contributed by atoms with Crippen LogP contribution in [0.1, 0.15) is 103 Å². The third-order valence-corrected chi connectivity index (χ3v) is 5.91. The molecule has 3 nitrogen and oxygen atoms in total. The average molecular weight is 417 g/mol. The van der Waals surface area contributed by atoms with E-state index < -0.39 is 5.97 Å². The number of phenolic OH excluding ortho intramolecular Hbond substituents is 1. The molecule has 0 heterocycles. The second kappa shape index (κ2) is 15.1. The molecule has 0 amide bonds. The molecule has 3 heteroatoms. The van der Waals surface area contributed by atoms with E-state index in [0.29, 0.717) is 0 Å². The Bertz CT molecular complexity index is 633. The number of hydrogen-bond donors (Lipinski definition) is 1. The van der Waals surface area contributed by atoms with E-state index in [-0.39, 0.29) is 17.9 Å². The first kappa shape index (κ1) is 26.3.